The molecule has 0 bridgehead atoms. The Hall–Kier alpha value is -1.56. The second-order valence-electron chi connectivity index (χ2n) is 5.72. The van der Waals surface area contributed by atoms with Crippen LogP contribution < -0.4 is 0 Å². The molecule has 0 aromatic rings. The van der Waals surface area contributed by atoms with Crippen molar-refractivity contribution in [3.63, 3.8) is 0 Å². The highest BCUT2D eigenvalue weighted by molar-refractivity contribution is 6.01. The molecule has 2 unspecified atom stereocenters. The van der Waals surface area contributed by atoms with Crippen LogP contribution in [0.3, 0.4) is 0 Å². The van der Waals surface area contributed by atoms with Gasteiger partial charge in [-0.05, 0) is 20.8 Å². The third-order valence-corrected chi connectivity index (χ3v) is 4.17. The third kappa shape index (κ3) is 2.34. The highest BCUT2D eigenvalue weighted by Gasteiger charge is 2.76. The van der Waals surface area contributed by atoms with Gasteiger partial charge >= 0.3 is 0 Å². The first-order chi connectivity index (χ1) is 10.7. The van der Waals surface area contributed by atoms with Gasteiger partial charge in [0.2, 0.25) is 5.60 Å². The number of rotatable bonds is 5. The first kappa shape index (κ1) is 20.5. The molecule has 1 aliphatic heterocycles. The van der Waals surface area contributed by atoms with Gasteiger partial charge in [-0.15, -0.1) is 0 Å². The molecule has 1 saturated heterocycles. The lowest BCUT2D eigenvalue weighted by atomic mass is 9.68. The van der Waals surface area contributed by atoms with E-state index in [2.05, 4.69) is 0 Å². The minimum atomic E-state index is -3.52. The van der Waals surface area contributed by atoms with E-state index in [-0.39, 0.29) is 0 Å². The van der Waals surface area contributed by atoms with Gasteiger partial charge in [0.15, 0.2) is 40.9 Å². The molecule has 1 heterocycles. The lowest BCUT2D eigenvalue weighted by molar-refractivity contribution is -0.359. The van der Waals surface area contributed by atoms with Gasteiger partial charge in [-0.25, -0.2) is 0 Å². The largest absolute Gasteiger partial charge is 0.386 e. The number of aliphatic hydroxyl groups excluding tert-OH is 3. The summed E-state index contributed by atoms with van der Waals surface area (Å²) in [6.45, 7) is 2.93. The predicted octanol–water partition coefficient (Wildman–Crippen LogP) is -2.84. The van der Waals surface area contributed by atoms with E-state index in [4.69, 9.17) is 4.74 Å². The highest BCUT2D eigenvalue weighted by atomic mass is 16.7. The SMILES string of the molecule is CC(=O)C(O)[C@@]1(C(C)=O)OC(O)(C(C)=O)[C@@](O)(C(C)=O)[C](O)[C@H]1O. The van der Waals surface area contributed by atoms with Gasteiger partial charge in [0.25, 0.3) is 5.79 Å². The monoisotopic (exact) mass is 347 g/mol. The molecule has 0 aromatic heterocycles. The molecule has 0 saturated carbocycles. The second kappa shape index (κ2) is 6.06. The molecule has 1 fully saturated rings. The van der Waals surface area contributed by atoms with Gasteiger partial charge in [-0.1, -0.05) is 0 Å². The molecule has 1 rings (SSSR count). The van der Waals surface area contributed by atoms with E-state index in [1.165, 1.54) is 0 Å². The van der Waals surface area contributed by atoms with Crippen molar-refractivity contribution in [3.05, 3.63) is 6.10 Å². The molecule has 1 radical (unpaired) electrons. The highest BCUT2D eigenvalue weighted by Crippen LogP contribution is 2.48. The minimum absolute atomic E-state index is 0.671. The zero-order valence-electron chi connectivity index (χ0n) is 13.4. The molecule has 10 heteroatoms. The smallest absolute Gasteiger partial charge is 0.267 e. The van der Waals surface area contributed by atoms with E-state index in [9.17, 15) is 44.7 Å². The minimum Gasteiger partial charge on any atom is -0.386 e. The lowest BCUT2D eigenvalue weighted by Gasteiger charge is -2.55. The average molecular weight is 347 g/mol. The Morgan fingerprint density at radius 2 is 1.46 bits per heavy atom. The van der Waals surface area contributed by atoms with E-state index in [0.29, 0.717) is 13.8 Å². The maximum absolute atomic E-state index is 12.0. The molecule has 24 heavy (non-hydrogen) atoms. The zero-order chi connectivity index (χ0) is 19.2. The number of ether oxygens (including phenoxy) is 1. The molecule has 5 N–H and O–H groups in total. The standard InChI is InChI=1S/C14H19O10/c1-5(15)9(19)12(6(2)16)10(20)11(21)13(22,7(3)17)14(23,24-12)8(4)18/h9-10,19-23H,1-4H3/t9?,10-,12-,13-,14?/m1/s1. The van der Waals surface area contributed by atoms with Crippen molar-refractivity contribution < 1.29 is 49.4 Å². The molecule has 0 aromatic carbocycles. The summed E-state index contributed by atoms with van der Waals surface area (Å²) in [7, 11) is 0. The van der Waals surface area contributed by atoms with Crippen molar-refractivity contribution >= 4 is 23.1 Å². The summed E-state index contributed by atoms with van der Waals surface area (Å²) < 4.78 is 4.85. The van der Waals surface area contributed by atoms with Crippen LogP contribution in [0.5, 0.6) is 0 Å². The van der Waals surface area contributed by atoms with Crippen molar-refractivity contribution in [2.75, 3.05) is 0 Å². The van der Waals surface area contributed by atoms with Crippen LogP contribution in [0.1, 0.15) is 27.7 Å². The van der Waals surface area contributed by atoms with Crippen molar-refractivity contribution in [1.82, 2.24) is 0 Å². The van der Waals surface area contributed by atoms with Crippen molar-refractivity contribution in [1.29, 1.82) is 0 Å². The Morgan fingerprint density at radius 3 is 1.75 bits per heavy atom. The summed E-state index contributed by atoms with van der Waals surface area (Å²) >= 11 is 0. The summed E-state index contributed by atoms with van der Waals surface area (Å²) in [6.07, 6.45) is -6.59. The molecule has 0 amide bonds. The van der Waals surface area contributed by atoms with Crippen LogP contribution in [0, 0.1) is 6.10 Å². The van der Waals surface area contributed by atoms with Crippen LogP contribution in [0.25, 0.3) is 0 Å². The van der Waals surface area contributed by atoms with Gasteiger partial charge in [-0.3, -0.25) is 19.2 Å². The number of hydrogen-bond donors (Lipinski definition) is 5. The van der Waals surface area contributed by atoms with Crippen molar-refractivity contribution in [3.8, 4) is 0 Å². The summed E-state index contributed by atoms with van der Waals surface area (Å²) in [5.41, 5.74) is -6.41. The summed E-state index contributed by atoms with van der Waals surface area (Å²) in [5.74, 6) is -8.67. The molecule has 0 spiro atoms. The number of aliphatic hydroxyl groups is 5. The molecule has 10 nitrogen and oxygen atoms in total. The predicted molar refractivity (Wildman–Crippen MR) is 73.6 cm³/mol. The summed E-state index contributed by atoms with van der Waals surface area (Å²) in [6, 6.07) is 0. The zero-order valence-corrected chi connectivity index (χ0v) is 13.4. The van der Waals surface area contributed by atoms with E-state index in [1.54, 1.807) is 0 Å². The molecular weight excluding hydrogens is 328 g/mol. The summed E-state index contributed by atoms with van der Waals surface area (Å²) in [4.78, 5) is 47.1. The van der Waals surface area contributed by atoms with Crippen molar-refractivity contribution in [2.24, 2.45) is 0 Å². The van der Waals surface area contributed by atoms with E-state index in [0.717, 1.165) is 13.8 Å². The quantitative estimate of drug-likeness (QED) is 0.348. The van der Waals surface area contributed by atoms with Gasteiger partial charge in [0.1, 0.15) is 6.10 Å². The molecular formula is C14H19O10. The fraction of sp³-hybridized carbons (Fsp3) is 0.643. The van der Waals surface area contributed by atoms with Gasteiger partial charge in [0, 0.05) is 6.92 Å². The van der Waals surface area contributed by atoms with Gasteiger partial charge in [-0.2, -0.15) is 0 Å². The molecule has 5 atom stereocenters. The lowest BCUT2D eigenvalue weighted by Crippen LogP contribution is -2.81. The average Bonchev–Trinajstić information content (AvgIpc) is 2.47. The Bertz CT molecular complexity index is 598. The van der Waals surface area contributed by atoms with Crippen LogP contribution in [-0.4, -0.2) is 77.9 Å². The van der Waals surface area contributed by atoms with E-state index >= 15 is 0 Å². The maximum Gasteiger partial charge on any atom is 0.267 e. The van der Waals surface area contributed by atoms with E-state index in [1.807, 2.05) is 0 Å². The van der Waals surface area contributed by atoms with Crippen LogP contribution in [0.4, 0.5) is 0 Å². The number of Topliss-reactive ketones (excluding diaryl/α,β-unsaturated/α-hetero) is 4. The number of ketones is 4. The van der Waals surface area contributed by atoms with Gasteiger partial charge in [0.05, 0.1) is 0 Å². The second-order valence-corrected chi connectivity index (χ2v) is 5.72. The Labute approximate surface area is 136 Å². The molecule has 0 aliphatic carbocycles. The fourth-order valence-corrected chi connectivity index (χ4v) is 2.66. The summed E-state index contributed by atoms with van der Waals surface area (Å²) in [5, 5.41) is 51.1. The van der Waals surface area contributed by atoms with E-state index < -0.39 is 58.4 Å². The Kier molecular flexibility index (Phi) is 5.17. The maximum atomic E-state index is 12.0. The molecule has 1 aliphatic rings. The van der Waals surface area contributed by atoms with Crippen LogP contribution in [0.15, 0.2) is 0 Å². The Balaban J connectivity index is 3.78. The normalized spacial score (nSPS) is 38.5. The topological polar surface area (TPSA) is 179 Å². The number of carbonyl (C=O) groups excluding carboxylic acids is 4. The Morgan fingerprint density at radius 1 is 1.00 bits per heavy atom. The van der Waals surface area contributed by atoms with Crippen LogP contribution in [0.2, 0.25) is 0 Å². The fourth-order valence-electron chi connectivity index (χ4n) is 2.66. The van der Waals surface area contributed by atoms with Crippen LogP contribution >= 0.6 is 0 Å². The third-order valence-electron chi connectivity index (χ3n) is 4.17. The van der Waals surface area contributed by atoms with Crippen molar-refractivity contribution in [2.45, 2.75) is 56.9 Å². The molecule has 135 valence electrons. The first-order valence-electron chi connectivity index (χ1n) is 6.82. The van der Waals surface area contributed by atoms with Crippen LogP contribution in [-0.2, 0) is 23.9 Å². The first-order valence-corrected chi connectivity index (χ1v) is 6.82. The number of hydrogen-bond acceptors (Lipinski definition) is 10. The van der Waals surface area contributed by atoms with Gasteiger partial charge < -0.3 is 30.3 Å². The number of carbonyl (C=O) groups is 4.